The molecule has 0 bridgehead atoms. The molecule has 1 fully saturated rings. The fourth-order valence-corrected chi connectivity index (χ4v) is 2.26. The summed E-state index contributed by atoms with van der Waals surface area (Å²) in [5.41, 5.74) is 1.25. The lowest BCUT2D eigenvalue weighted by Gasteiger charge is -2.32. The number of nitrogens with zero attached hydrogens (tertiary/aromatic N) is 2. The molecule has 0 aromatic heterocycles. The largest absolute Gasteiger partial charge is 0.484 e. The Morgan fingerprint density at radius 3 is 2.33 bits per heavy atom. The summed E-state index contributed by atoms with van der Waals surface area (Å²) >= 11 is 0. The third kappa shape index (κ3) is 4.21. The first-order valence-corrected chi connectivity index (χ1v) is 7.30. The van der Waals surface area contributed by atoms with Crippen LogP contribution in [0, 0.1) is 0 Å². The average molecular weight is 290 g/mol. The summed E-state index contributed by atoms with van der Waals surface area (Å²) in [7, 11) is 0. The van der Waals surface area contributed by atoms with Crippen molar-refractivity contribution in [1.82, 2.24) is 9.80 Å². The van der Waals surface area contributed by atoms with Crippen LogP contribution in [0.15, 0.2) is 24.3 Å². The number of carbonyl (C=O) groups is 2. The summed E-state index contributed by atoms with van der Waals surface area (Å²) in [6.07, 6.45) is 0.828. The summed E-state index contributed by atoms with van der Waals surface area (Å²) in [4.78, 5) is 26.1. The van der Waals surface area contributed by atoms with Crippen molar-refractivity contribution in [2.24, 2.45) is 0 Å². The van der Waals surface area contributed by atoms with Crippen molar-refractivity contribution in [3.8, 4) is 5.75 Å². The number of piperazine rings is 1. The molecule has 1 aromatic rings. The third-order valence-electron chi connectivity index (χ3n) is 3.73. The van der Waals surface area contributed by atoms with Crippen LogP contribution in [0.1, 0.15) is 25.3 Å². The van der Waals surface area contributed by atoms with Crippen LogP contribution in [-0.2, 0) is 9.59 Å². The van der Waals surface area contributed by atoms with Gasteiger partial charge in [0.2, 0.25) is 6.41 Å². The molecule has 1 aromatic carbocycles. The molecule has 0 N–H and O–H groups in total. The van der Waals surface area contributed by atoms with E-state index in [0.29, 0.717) is 37.8 Å². The van der Waals surface area contributed by atoms with Gasteiger partial charge in [-0.1, -0.05) is 26.0 Å². The standard InChI is InChI=1S/C16H22N2O3/c1-13(2)14-3-5-15(6-4-14)21-11-16(20)18-9-7-17(12-19)8-10-18/h3-6,12-13H,7-11H2,1-2H3. The molecule has 21 heavy (non-hydrogen) atoms. The minimum absolute atomic E-state index is 0.0338. The molecule has 0 aliphatic carbocycles. The van der Waals surface area contributed by atoms with Crippen molar-refractivity contribution in [3.63, 3.8) is 0 Å². The van der Waals surface area contributed by atoms with Crippen molar-refractivity contribution in [3.05, 3.63) is 29.8 Å². The zero-order chi connectivity index (χ0) is 15.2. The van der Waals surface area contributed by atoms with E-state index in [1.807, 2.05) is 24.3 Å². The summed E-state index contributed by atoms with van der Waals surface area (Å²) < 4.78 is 5.53. The molecule has 0 unspecified atom stereocenters. The van der Waals surface area contributed by atoms with E-state index in [-0.39, 0.29) is 12.5 Å². The first kappa shape index (κ1) is 15.4. The van der Waals surface area contributed by atoms with Gasteiger partial charge in [0.25, 0.3) is 5.91 Å². The molecular weight excluding hydrogens is 268 g/mol. The van der Waals surface area contributed by atoms with Crippen LogP contribution in [0.3, 0.4) is 0 Å². The van der Waals surface area contributed by atoms with E-state index in [1.165, 1.54) is 5.56 Å². The number of benzene rings is 1. The molecule has 1 aliphatic heterocycles. The van der Waals surface area contributed by atoms with Gasteiger partial charge >= 0.3 is 0 Å². The highest BCUT2D eigenvalue weighted by Crippen LogP contribution is 2.18. The molecule has 1 aliphatic rings. The van der Waals surface area contributed by atoms with Crippen LogP contribution < -0.4 is 4.74 Å². The molecule has 1 saturated heterocycles. The Hall–Kier alpha value is -2.04. The fourth-order valence-electron chi connectivity index (χ4n) is 2.26. The van der Waals surface area contributed by atoms with Gasteiger partial charge in [0, 0.05) is 26.2 Å². The van der Waals surface area contributed by atoms with Crippen LogP contribution >= 0.6 is 0 Å². The topological polar surface area (TPSA) is 49.9 Å². The quantitative estimate of drug-likeness (QED) is 0.772. The molecule has 5 heteroatoms. The van der Waals surface area contributed by atoms with Gasteiger partial charge in [0.15, 0.2) is 6.61 Å². The molecule has 2 rings (SSSR count). The normalized spacial score (nSPS) is 15.2. The van der Waals surface area contributed by atoms with E-state index in [2.05, 4.69) is 13.8 Å². The van der Waals surface area contributed by atoms with Crippen LogP contribution in [0.2, 0.25) is 0 Å². The molecular formula is C16H22N2O3. The number of rotatable bonds is 5. The SMILES string of the molecule is CC(C)c1ccc(OCC(=O)N2CCN(C=O)CC2)cc1. The van der Waals surface area contributed by atoms with Gasteiger partial charge in [-0.25, -0.2) is 0 Å². The van der Waals surface area contributed by atoms with E-state index in [4.69, 9.17) is 4.74 Å². The van der Waals surface area contributed by atoms with Gasteiger partial charge < -0.3 is 14.5 Å². The van der Waals surface area contributed by atoms with Crippen LogP contribution in [0.25, 0.3) is 0 Å². The van der Waals surface area contributed by atoms with E-state index in [9.17, 15) is 9.59 Å². The molecule has 5 nitrogen and oxygen atoms in total. The highest BCUT2D eigenvalue weighted by Gasteiger charge is 2.20. The van der Waals surface area contributed by atoms with Crippen LogP contribution in [-0.4, -0.2) is 54.9 Å². The molecule has 0 radical (unpaired) electrons. The number of amides is 2. The van der Waals surface area contributed by atoms with Gasteiger partial charge in [0.1, 0.15) is 5.75 Å². The monoisotopic (exact) mass is 290 g/mol. The lowest BCUT2D eigenvalue weighted by atomic mass is 10.0. The zero-order valence-corrected chi connectivity index (χ0v) is 12.6. The number of ether oxygens (including phenoxy) is 1. The van der Waals surface area contributed by atoms with Gasteiger partial charge in [-0.3, -0.25) is 9.59 Å². The summed E-state index contributed by atoms with van der Waals surface area (Å²) in [5.74, 6) is 1.16. The second-order valence-electron chi connectivity index (χ2n) is 5.53. The van der Waals surface area contributed by atoms with Crippen molar-refractivity contribution < 1.29 is 14.3 Å². The Bertz CT molecular complexity index is 477. The van der Waals surface area contributed by atoms with Crippen molar-refractivity contribution in [1.29, 1.82) is 0 Å². The Labute approximate surface area is 125 Å². The minimum Gasteiger partial charge on any atom is -0.484 e. The highest BCUT2D eigenvalue weighted by molar-refractivity contribution is 5.78. The molecule has 0 spiro atoms. The minimum atomic E-state index is -0.0338. The number of hydrogen-bond acceptors (Lipinski definition) is 3. The van der Waals surface area contributed by atoms with E-state index in [1.54, 1.807) is 9.80 Å². The van der Waals surface area contributed by atoms with Gasteiger partial charge in [-0.05, 0) is 23.6 Å². The summed E-state index contributed by atoms with van der Waals surface area (Å²) in [5, 5.41) is 0. The van der Waals surface area contributed by atoms with Gasteiger partial charge in [-0.2, -0.15) is 0 Å². The highest BCUT2D eigenvalue weighted by atomic mass is 16.5. The average Bonchev–Trinajstić information content (AvgIpc) is 2.53. The maximum Gasteiger partial charge on any atom is 0.260 e. The second-order valence-corrected chi connectivity index (χ2v) is 5.53. The molecule has 0 saturated carbocycles. The van der Waals surface area contributed by atoms with Gasteiger partial charge in [-0.15, -0.1) is 0 Å². The summed E-state index contributed by atoms with van der Waals surface area (Å²) in [6.45, 7) is 6.66. The molecule has 114 valence electrons. The second kappa shape index (κ2) is 7.11. The number of carbonyl (C=O) groups excluding carboxylic acids is 2. The van der Waals surface area contributed by atoms with Crippen molar-refractivity contribution in [2.75, 3.05) is 32.8 Å². The smallest absolute Gasteiger partial charge is 0.260 e. The van der Waals surface area contributed by atoms with Crippen LogP contribution in [0.4, 0.5) is 0 Å². The van der Waals surface area contributed by atoms with E-state index < -0.39 is 0 Å². The maximum atomic E-state index is 12.0. The van der Waals surface area contributed by atoms with E-state index in [0.717, 1.165) is 6.41 Å². The van der Waals surface area contributed by atoms with Gasteiger partial charge in [0.05, 0.1) is 0 Å². The molecule has 1 heterocycles. The van der Waals surface area contributed by atoms with Crippen LogP contribution in [0.5, 0.6) is 5.75 Å². The molecule has 2 amide bonds. The predicted octanol–water partition coefficient (Wildman–Crippen LogP) is 1.49. The van der Waals surface area contributed by atoms with Crippen molar-refractivity contribution >= 4 is 12.3 Å². The Morgan fingerprint density at radius 2 is 1.81 bits per heavy atom. The van der Waals surface area contributed by atoms with E-state index >= 15 is 0 Å². The number of hydrogen-bond donors (Lipinski definition) is 0. The third-order valence-corrected chi connectivity index (χ3v) is 3.73. The Morgan fingerprint density at radius 1 is 1.19 bits per heavy atom. The lowest BCUT2D eigenvalue weighted by Crippen LogP contribution is -2.49. The Kier molecular flexibility index (Phi) is 5.20. The first-order chi connectivity index (χ1) is 10.1. The maximum absolute atomic E-state index is 12.0. The summed E-state index contributed by atoms with van der Waals surface area (Å²) in [6, 6.07) is 7.83. The molecule has 0 atom stereocenters. The first-order valence-electron chi connectivity index (χ1n) is 7.30. The lowest BCUT2D eigenvalue weighted by molar-refractivity contribution is -0.137. The fraction of sp³-hybridized carbons (Fsp3) is 0.500. The van der Waals surface area contributed by atoms with Crippen molar-refractivity contribution in [2.45, 2.75) is 19.8 Å². The predicted molar refractivity (Wildman–Crippen MR) is 80.2 cm³/mol. The zero-order valence-electron chi connectivity index (χ0n) is 12.6. The Balaban J connectivity index is 1.80.